The van der Waals surface area contributed by atoms with E-state index in [0.717, 1.165) is 5.56 Å². The van der Waals surface area contributed by atoms with Gasteiger partial charge in [-0.1, -0.05) is 24.3 Å². The lowest BCUT2D eigenvalue weighted by Gasteiger charge is -2.06. The Morgan fingerprint density at radius 1 is 1.12 bits per heavy atom. The monoisotopic (exact) mass is 325 g/mol. The van der Waals surface area contributed by atoms with Gasteiger partial charge in [0, 0.05) is 23.4 Å². The Morgan fingerprint density at radius 3 is 2.67 bits per heavy atom. The maximum atomic E-state index is 12.2. The van der Waals surface area contributed by atoms with Gasteiger partial charge in [-0.3, -0.25) is 4.79 Å². The molecule has 0 amide bonds. The molecule has 0 aliphatic carbocycles. The number of anilines is 1. The third-order valence-electron chi connectivity index (χ3n) is 3.14. The Hall–Kier alpha value is -3.08. The van der Waals surface area contributed by atoms with E-state index in [1.54, 1.807) is 61.5 Å². The van der Waals surface area contributed by atoms with E-state index in [4.69, 9.17) is 15.2 Å². The van der Waals surface area contributed by atoms with Crippen molar-refractivity contribution in [2.45, 2.75) is 6.92 Å². The number of esters is 1. The second-order valence-electron chi connectivity index (χ2n) is 5.00. The van der Waals surface area contributed by atoms with Crippen molar-refractivity contribution in [1.29, 1.82) is 0 Å². The number of ketones is 1. The van der Waals surface area contributed by atoms with E-state index >= 15 is 0 Å². The second-order valence-corrected chi connectivity index (χ2v) is 5.00. The fraction of sp³-hybridized carbons (Fsp3) is 0.158. The maximum absolute atomic E-state index is 12.2. The van der Waals surface area contributed by atoms with E-state index in [-0.39, 0.29) is 12.4 Å². The minimum absolute atomic E-state index is 0.0888. The van der Waals surface area contributed by atoms with Crippen LogP contribution >= 0.6 is 0 Å². The van der Waals surface area contributed by atoms with Crippen molar-refractivity contribution in [3.8, 4) is 5.75 Å². The van der Waals surface area contributed by atoms with Gasteiger partial charge < -0.3 is 15.2 Å². The topological polar surface area (TPSA) is 78.6 Å². The summed E-state index contributed by atoms with van der Waals surface area (Å²) in [7, 11) is 0. The fourth-order valence-corrected chi connectivity index (χ4v) is 2.01. The zero-order chi connectivity index (χ0) is 17.4. The van der Waals surface area contributed by atoms with Crippen molar-refractivity contribution in [1.82, 2.24) is 0 Å². The summed E-state index contributed by atoms with van der Waals surface area (Å²) in [4.78, 5) is 23.5. The van der Waals surface area contributed by atoms with Crippen molar-refractivity contribution in [2.75, 3.05) is 18.9 Å². The van der Waals surface area contributed by atoms with Crippen molar-refractivity contribution in [3.05, 3.63) is 65.7 Å². The van der Waals surface area contributed by atoms with Crippen LogP contribution in [0.15, 0.2) is 54.6 Å². The van der Waals surface area contributed by atoms with E-state index in [1.165, 1.54) is 6.08 Å². The van der Waals surface area contributed by atoms with Crippen LogP contribution in [0.2, 0.25) is 0 Å². The van der Waals surface area contributed by atoms with Crippen molar-refractivity contribution >= 4 is 23.5 Å². The molecule has 0 saturated heterocycles. The molecule has 0 atom stereocenters. The summed E-state index contributed by atoms with van der Waals surface area (Å²) >= 11 is 0. The average Bonchev–Trinajstić information content (AvgIpc) is 2.58. The van der Waals surface area contributed by atoms with Gasteiger partial charge in [0.1, 0.15) is 5.75 Å². The van der Waals surface area contributed by atoms with E-state index in [1.807, 2.05) is 0 Å². The van der Waals surface area contributed by atoms with Crippen LogP contribution < -0.4 is 10.5 Å². The predicted octanol–water partition coefficient (Wildman–Crippen LogP) is 3.11. The molecule has 5 heteroatoms. The quantitative estimate of drug-likeness (QED) is 0.366. The molecule has 0 unspecified atom stereocenters. The molecule has 0 radical (unpaired) electrons. The number of ether oxygens (including phenoxy) is 2. The summed E-state index contributed by atoms with van der Waals surface area (Å²) < 4.78 is 10.3. The van der Waals surface area contributed by atoms with E-state index in [2.05, 4.69) is 0 Å². The van der Waals surface area contributed by atoms with Gasteiger partial charge in [0.25, 0.3) is 0 Å². The molecule has 2 rings (SSSR count). The summed E-state index contributed by atoms with van der Waals surface area (Å²) in [6.45, 7) is 1.98. The molecule has 2 aromatic carbocycles. The molecule has 0 bridgehead atoms. The first kappa shape index (κ1) is 17.3. The number of hydrogen-bond donors (Lipinski definition) is 1. The van der Waals surface area contributed by atoms with Crippen molar-refractivity contribution in [2.24, 2.45) is 0 Å². The standard InChI is InChI=1S/C19H19NO4/c1-2-23-19(22)10-9-14-5-3-6-15(11-14)18(21)13-24-17-8-4-7-16(20)12-17/h3-12H,2,13,20H2,1H3/b10-9+. The molecule has 5 nitrogen and oxygen atoms in total. The zero-order valence-corrected chi connectivity index (χ0v) is 13.4. The lowest BCUT2D eigenvalue weighted by molar-refractivity contribution is -0.137. The molecule has 0 spiro atoms. The smallest absolute Gasteiger partial charge is 0.330 e. The fourth-order valence-electron chi connectivity index (χ4n) is 2.01. The molecule has 124 valence electrons. The predicted molar refractivity (Wildman–Crippen MR) is 92.8 cm³/mol. The van der Waals surface area contributed by atoms with Gasteiger partial charge in [-0.15, -0.1) is 0 Å². The summed E-state index contributed by atoms with van der Waals surface area (Å²) in [6.07, 6.45) is 2.93. The van der Waals surface area contributed by atoms with Gasteiger partial charge in [-0.2, -0.15) is 0 Å². The number of carbonyl (C=O) groups excluding carboxylic acids is 2. The summed E-state index contributed by atoms with van der Waals surface area (Å²) in [6, 6.07) is 13.8. The van der Waals surface area contributed by atoms with Crippen molar-refractivity contribution < 1.29 is 19.1 Å². The summed E-state index contributed by atoms with van der Waals surface area (Å²) in [5.41, 5.74) is 7.48. The Morgan fingerprint density at radius 2 is 1.92 bits per heavy atom. The summed E-state index contributed by atoms with van der Waals surface area (Å²) in [5, 5.41) is 0. The zero-order valence-electron chi connectivity index (χ0n) is 13.4. The molecule has 24 heavy (non-hydrogen) atoms. The van der Waals surface area contributed by atoms with Gasteiger partial charge in [0.05, 0.1) is 6.61 Å². The lowest BCUT2D eigenvalue weighted by atomic mass is 10.1. The van der Waals surface area contributed by atoms with Crippen LogP contribution in [0.4, 0.5) is 5.69 Å². The first-order valence-corrected chi connectivity index (χ1v) is 7.55. The van der Waals surface area contributed by atoms with Gasteiger partial charge >= 0.3 is 5.97 Å². The Labute approximate surface area is 140 Å². The minimum atomic E-state index is -0.417. The van der Waals surface area contributed by atoms with Crippen LogP contribution in [0, 0.1) is 0 Å². The molecule has 2 N–H and O–H groups in total. The Kier molecular flexibility index (Phi) is 6.14. The number of carbonyl (C=O) groups is 2. The van der Waals surface area contributed by atoms with E-state index in [0.29, 0.717) is 23.6 Å². The number of hydrogen-bond acceptors (Lipinski definition) is 5. The first-order chi connectivity index (χ1) is 11.6. The average molecular weight is 325 g/mol. The summed E-state index contributed by atoms with van der Waals surface area (Å²) in [5.74, 6) is -0.0373. The Balaban J connectivity index is 1.99. The van der Waals surface area contributed by atoms with Gasteiger partial charge in [-0.25, -0.2) is 4.79 Å². The van der Waals surface area contributed by atoms with Crippen LogP contribution in [-0.4, -0.2) is 25.0 Å². The Bertz CT molecular complexity index is 753. The number of nitrogen functional groups attached to an aromatic ring is 1. The second kappa shape index (κ2) is 8.53. The number of nitrogens with two attached hydrogens (primary N) is 1. The van der Waals surface area contributed by atoms with Crippen molar-refractivity contribution in [3.63, 3.8) is 0 Å². The molecule has 0 aliphatic heterocycles. The van der Waals surface area contributed by atoms with Crippen LogP contribution in [0.5, 0.6) is 5.75 Å². The highest BCUT2D eigenvalue weighted by molar-refractivity contribution is 5.98. The highest BCUT2D eigenvalue weighted by Gasteiger charge is 2.07. The maximum Gasteiger partial charge on any atom is 0.330 e. The molecule has 0 aromatic heterocycles. The minimum Gasteiger partial charge on any atom is -0.485 e. The number of rotatable bonds is 7. The molecule has 0 fully saturated rings. The van der Waals surface area contributed by atoms with E-state index in [9.17, 15) is 9.59 Å². The number of benzene rings is 2. The normalized spacial score (nSPS) is 10.5. The van der Waals surface area contributed by atoms with Gasteiger partial charge in [-0.05, 0) is 36.8 Å². The molecule has 0 heterocycles. The number of Topliss-reactive ketones (excluding diaryl/α,β-unsaturated/α-hetero) is 1. The third kappa shape index (κ3) is 5.28. The van der Waals surface area contributed by atoms with Gasteiger partial charge in [0.2, 0.25) is 0 Å². The van der Waals surface area contributed by atoms with Crippen LogP contribution in [0.25, 0.3) is 6.08 Å². The molecular weight excluding hydrogens is 306 g/mol. The third-order valence-corrected chi connectivity index (χ3v) is 3.14. The van der Waals surface area contributed by atoms with Crippen LogP contribution in [-0.2, 0) is 9.53 Å². The molecular formula is C19H19NO4. The largest absolute Gasteiger partial charge is 0.485 e. The van der Waals surface area contributed by atoms with Gasteiger partial charge in [0.15, 0.2) is 12.4 Å². The first-order valence-electron chi connectivity index (χ1n) is 7.55. The van der Waals surface area contributed by atoms with Crippen LogP contribution in [0.1, 0.15) is 22.8 Å². The molecule has 0 saturated carbocycles. The highest BCUT2D eigenvalue weighted by Crippen LogP contribution is 2.15. The molecule has 2 aromatic rings. The van der Waals surface area contributed by atoms with E-state index < -0.39 is 5.97 Å². The van der Waals surface area contributed by atoms with Crippen LogP contribution in [0.3, 0.4) is 0 Å². The highest BCUT2D eigenvalue weighted by atomic mass is 16.5. The SMILES string of the molecule is CCOC(=O)/C=C/c1cccc(C(=O)COc2cccc(N)c2)c1. The lowest BCUT2D eigenvalue weighted by Crippen LogP contribution is -2.11. The molecule has 0 aliphatic rings.